The number of hydrogen-bond donors (Lipinski definition) is 0. The van der Waals surface area contributed by atoms with Crippen molar-refractivity contribution < 1.29 is 13.5 Å². The predicted molar refractivity (Wildman–Crippen MR) is 138 cm³/mol. The molecule has 1 aliphatic rings. The molecular formula is C32H26F2O. The van der Waals surface area contributed by atoms with Crippen LogP contribution < -0.4 is 4.74 Å². The standard InChI is InChI=1S/C32H26F2O/c1-3-4-15-35-28-12-14-30-27(18-28)17-26-16-22(7-13-29(26)30)6-9-23-10-11-25(20-32(23)34)24-8-5-21(2)31(33)19-24/h5,7-8,10-14,16,18-20H,3-4,15,17H2,1-2H3. The number of ether oxygens (including phenoxy) is 1. The fourth-order valence-electron chi connectivity index (χ4n) is 4.40. The first kappa shape index (κ1) is 22.9. The van der Waals surface area contributed by atoms with Crippen molar-refractivity contribution in [2.45, 2.75) is 33.1 Å². The van der Waals surface area contributed by atoms with Crippen LogP contribution in [0.2, 0.25) is 0 Å². The minimum Gasteiger partial charge on any atom is -0.494 e. The van der Waals surface area contributed by atoms with Crippen molar-refractivity contribution in [2.75, 3.05) is 6.61 Å². The van der Waals surface area contributed by atoms with Crippen LogP contribution in [0.15, 0.2) is 72.8 Å². The first-order chi connectivity index (χ1) is 17.0. The zero-order valence-corrected chi connectivity index (χ0v) is 19.9. The van der Waals surface area contributed by atoms with E-state index in [2.05, 4.69) is 43.0 Å². The van der Waals surface area contributed by atoms with Gasteiger partial charge in [-0.05, 0) is 101 Å². The normalized spacial score (nSPS) is 11.4. The van der Waals surface area contributed by atoms with E-state index in [4.69, 9.17) is 4.74 Å². The molecule has 0 heterocycles. The molecule has 1 aliphatic carbocycles. The lowest BCUT2D eigenvalue weighted by molar-refractivity contribution is 0.309. The highest BCUT2D eigenvalue weighted by Gasteiger charge is 2.19. The van der Waals surface area contributed by atoms with Gasteiger partial charge in [0, 0.05) is 5.56 Å². The molecule has 0 saturated heterocycles. The van der Waals surface area contributed by atoms with Gasteiger partial charge in [-0.25, -0.2) is 8.78 Å². The van der Waals surface area contributed by atoms with Crippen molar-refractivity contribution in [1.82, 2.24) is 0 Å². The zero-order chi connectivity index (χ0) is 24.4. The highest BCUT2D eigenvalue weighted by atomic mass is 19.1. The van der Waals surface area contributed by atoms with Gasteiger partial charge in [0.25, 0.3) is 0 Å². The summed E-state index contributed by atoms with van der Waals surface area (Å²) in [4.78, 5) is 0. The van der Waals surface area contributed by atoms with E-state index in [0.29, 0.717) is 22.3 Å². The summed E-state index contributed by atoms with van der Waals surface area (Å²) in [6, 6.07) is 22.2. The first-order valence-electron chi connectivity index (χ1n) is 12.0. The van der Waals surface area contributed by atoms with E-state index >= 15 is 0 Å². The average Bonchev–Trinajstić information content (AvgIpc) is 3.22. The Balaban J connectivity index is 1.34. The van der Waals surface area contributed by atoms with E-state index in [1.165, 1.54) is 34.4 Å². The van der Waals surface area contributed by atoms with Crippen LogP contribution in [0, 0.1) is 30.4 Å². The van der Waals surface area contributed by atoms with Crippen LogP contribution in [0.5, 0.6) is 5.75 Å². The van der Waals surface area contributed by atoms with Gasteiger partial charge in [0.15, 0.2) is 0 Å². The van der Waals surface area contributed by atoms with E-state index in [0.717, 1.165) is 37.2 Å². The Kier molecular flexibility index (Phi) is 6.38. The number of halogens is 2. The third-order valence-electron chi connectivity index (χ3n) is 6.44. The van der Waals surface area contributed by atoms with Crippen molar-refractivity contribution in [1.29, 1.82) is 0 Å². The van der Waals surface area contributed by atoms with Crippen LogP contribution in [0.3, 0.4) is 0 Å². The molecule has 0 saturated carbocycles. The fourth-order valence-corrected chi connectivity index (χ4v) is 4.40. The van der Waals surface area contributed by atoms with Crippen LogP contribution >= 0.6 is 0 Å². The Hall–Kier alpha value is -3.90. The summed E-state index contributed by atoms with van der Waals surface area (Å²) in [5.74, 6) is 6.26. The second kappa shape index (κ2) is 9.76. The van der Waals surface area contributed by atoms with Gasteiger partial charge in [-0.2, -0.15) is 0 Å². The summed E-state index contributed by atoms with van der Waals surface area (Å²) in [7, 11) is 0. The van der Waals surface area contributed by atoms with E-state index in [-0.39, 0.29) is 5.82 Å². The lowest BCUT2D eigenvalue weighted by atomic mass is 10.0. The monoisotopic (exact) mass is 464 g/mol. The van der Waals surface area contributed by atoms with Crippen molar-refractivity contribution in [3.05, 3.63) is 112 Å². The first-order valence-corrected chi connectivity index (χ1v) is 12.0. The largest absolute Gasteiger partial charge is 0.494 e. The van der Waals surface area contributed by atoms with Crippen molar-refractivity contribution in [2.24, 2.45) is 0 Å². The second-order valence-corrected chi connectivity index (χ2v) is 8.98. The quantitative estimate of drug-likeness (QED) is 0.189. The number of aryl methyl sites for hydroxylation is 1. The van der Waals surface area contributed by atoms with Crippen LogP contribution in [-0.4, -0.2) is 6.61 Å². The Morgan fingerprint density at radius 1 is 0.771 bits per heavy atom. The van der Waals surface area contributed by atoms with Gasteiger partial charge in [0.1, 0.15) is 17.4 Å². The van der Waals surface area contributed by atoms with E-state index in [1.54, 1.807) is 31.2 Å². The maximum atomic E-state index is 14.8. The van der Waals surface area contributed by atoms with Gasteiger partial charge in [-0.1, -0.05) is 55.5 Å². The molecule has 0 unspecified atom stereocenters. The highest BCUT2D eigenvalue weighted by Crippen LogP contribution is 2.38. The number of unbranched alkanes of at least 4 members (excludes halogenated alkanes) is 1. The molecule has 174 valence electrons. The summed E-state index contributed by atoms with van der Waals surface area (Å²) >= 11 is 0. The number of hydrogen-bond acceptors (Lipinski definition) is 1. The summed E-state index contributed by atoms with van der Waals surface area (Å²) < 4.78 is 34.5. The average molecular weight is 465 g/mol. The fraction of sp³-hybridized carbons (Fsp3) is 0.188. The third kappa shape index (κ3) is 4.84. The molecule has 4 aromatic carbocycles. The molecule has 5 rings (SSSR count). The van der Waals surface area contributed by atoms with Gasteiger partial charge in [-0.3, -0.25) is 0 Å². The summed E-state index contributed by atoms with van der Waals surface area (Å²) in [5, 5.41) is 0. The molecule has 0 aromatic heterocycles. The molecule has 0 aliphatic heterocycles. The second-order valence-electron chi connectivity index (χ2n) is 8.98. The molecule has 0 amide bonds. The van der Waals surface area contributed by atoms with Crippen LogP contribution in [0.1, 0.15) is 47.6 Å². The van der Waals surface area contributed by atoms with Gasteiger partial charge in [0.05, 0.1) is 12.2 Å². The van der Waals surface area contributed by atoms with Crippen LogP contribution in [-0.2, 0) is 6.42 Å². The van der Waals surface area contributed by atoms with E-state index < -0.39 is 5.82 Å². The van der Waals surface area contributed by atoms with Crippen molar-refractivity contribution in [3.8, 4) is 39.8 Å². The van der Waals surface area contributed by atoms with Crippen molar-refractivity contribution in [3.63, 3.8) is 0 Å². The number of rotatable bonds is 5. The van der Waals surface area contributed by atoms with Crippen LogP contribution in [0.25, 0.3) is 22.3 Å². The molecule has 0 fully saturated rings. The van der Waals surface area contributed by atoms with Gasteiger partial charge < -0.3 is 4.74 Å². The molecule has 4 aromatic rings. The Morgan fingerprint density at radius 2 is 1.49 bits per heavy atom. The maximum absolute atomic E-state index is 14.8. The molecule has 0 radical (unpaired) electrons. The minimum atomic E-state index is -0.417. The predicted octanol–water partition coefficient (Wildman–Crippen LogP) is 8.09. The third-order valence-corrected chi connectivity index (χ3v) is 6.44. The topological polar surface area (TPSA) is 9.23 Å². The Bertz CT molecular complexity index is 1470. The van der Waals surface area contributed by atoms with Gasteiger partial charge >= 0.3 is 0 Å². The summed E-state index contributed by atoms with van der Waals surface area (Å²) in [5.41, 5.74) is 7.92. The van der Waals surface area contributed by atoms with E-state index in [1.807, 2.05) is 12.1 Å². The van der Waals surface area contributed by atoms with Crippen molar-refractivity contribution >= 4 is 0 Å². The Morgan fingerprint density at radius 3 is 2.23 bits per heavy atom. The smallest absolute Gasteiger partial charge is 0.139 e. The zero-order valence-electron chi connectivity index (χ0n) is 19.9. The molecule has 35 heavy (non-hydrogen) atoms. The molecular weight excluding hydrogens is 438 g/mol. The highest BCUT2D eigenvalue weighted by molar-refractivity contribution is 5.78. The minimum absolute atomic E-state index is 0.300. The molecule has 0 N–H and O–H groups in total. The van der Waals surface area contributed by atoms with Gasteiger partial charge in [-0.15, -0.1) is 0 Å². The summed E-state index contributed by atoms with van der Waals surface area (Å²) in [6.07, 6.45) is 3.00. The molecule has 3 heteroatoms. The maximum Gasteiger partial charge on any atom is 0.139 e. The summed E-state index contributed by atoms with van der Waals surface area (Å²) in [6.45, 7) is 4.60. The lowest BCUT2D eigenvalue weighted by Gasteiger charge is -2.07. The SMILES string of the molecule is CCCCOc1ccc2c(c1)Cc1cc(C#Cc3ccc(-c4ccc(C)c(F)c4)cc3F)ccc1-2. The number of fused-ring (bicyclic) bond motifs is 3. The van der Waals surface area contributed by atoms with Crippen LogP contribution in [0.4, 0.5) is 8.78 Å². The van der Waals surface area contributed by atoms with E-state index in [9.17, 15) is 8.78 Å². The number of benzene rings is 4. The Labute approximate surface area is 205 Å². The van der Waals surface area contributed by atoms with Gasteiger partial charge in [0.2, 0.25) is 0 Å². The lowest BCUT2D eigenvalue weighted by Crippen LogP contribution is -1.96. The molecule has 0 bridgehead atoms. The molecule has 0 spiro atoms. The molecule has 0 atom stereocenters. The molecule has 1 nitrogen and oxygen atoms in total.